The first-order valence-electron chi connectivity index (χ1n) is 5.63. The van der Waals surface area contributed by atoms with Gasteiger partial charge in [-0.1, -0.05) is 27.4 Å². The maximum absolute atomic E-state index is 6.09. The van der Waals surface area contributed by atoms with E-state index < -0.39 is 8.32 Å². The zero-order valence-corrected chi connectivity index (χ0v) is 13.8. The fraction of sp³-hybridized carbons (Fsp3) is 0.462. The first kappa shape index (κ1) is 14.4. The number of aromatic nitrogens is 1. The summed E-state index contributed by atoms with van der Waals surface area (Å²) in [5.41, 5.74) is 0.804. The molecule has 0 unspecified atom stereocenters. The van der Waals surface area contributed by atoms with Gasteiger partial charge in [0.2, 0.25) is 0 Å². The van der Waals surface area contributed by atoms with Crippen molar-refractivity contribution < 1.29 is 4.43 Å². The molecule has 0 saturated carbocycles. The van der Waals surface area contributed by atoms with E-state index in [0.717, 1.165) is 10.2 Å². The normalized spacial score (nSPS) is 12.4. The van der Waals surface area contributed by atoms with Crippen LogP contribution in [-0.4, -0.2) is 13.3 Å². The SMILES string of the molecule is C=C(O[Si](C)(C)C(C)(C)C)c1ccc(Br)cn1. The zero-order valence-electron chi connectivity index (χ0n) is 11.2. The highest BCUT2D eigenvalue weighted by Gasteiger charge is 2.39. The smallest absolute Gasteiger partial charge is 0.250 e. The lowest BCUT2D eigenvalue weighted by Gasteiger charge is -2.36. The fourth-order valence-corrected chi connectivity index (χ4v) is 2.32. The summed E-state index contributed by atoms with van der Waals surface area (Å²) in [6.07, 6.45) is 1.76. The van der Waals surface area contributed by atoms with Crippen molar-refractivity contribution in [1.82, 2.24) is 4.98 Å². The van der Waals surface area contributed by atoms with E-state index in [4.69, 9.17) is 4.43 Å². The minimum absolute atomic E-state index is 0.172. The van der Waals surface area contributed by atoms with Gasteiger partial charge in [-0.05, 0) is 46.2 Å². The number of hydrogen-bond acceptors (Lipinski definition) is 2. The molecule has 1 aromatic rings. The molecule has 0 aliphatic rings. The van der Waals surface area contributed by atoms with Crippen molar-refractivity contribution in [3.8, 4) is 0 Å². The van der Waals surface area contributed by atoms with Crippen LogP contribution in [0, 0.1) is 0 Å². The van der Waals surface area contributed by atoms with Gasteiger partial charge >= 0.3 is 0 Å². The Bertz CT molecular complexity index is 406. The number of halogens is 1. The lowest BCUT2D eigenvalue weighted by Crippen LogP contribution is -2.40. The summed E-state index contributed by atoms with van der Waals surface area (Å²) in [5, 5.41) is 0.172. The molecule has 0 aliphatic heterocycles. The van der Waals surface area contributed by atoms with E-state index in [1.807, 2.05) is 12.1 Å². The molecule has 94 valence electrons. The molecule has 17 heavy (non-hydrogen) atoms. The Morgan fingerprint density at radius 1 is 1.35 bits per heavy atom. The van der Waals surface area contributed by atoms with E-state index in [1.54, 1.807) is 6.20 Å². The molecular weight excluding hydrogens is 294 g/mol. The topological polar surface area (TPSA) is 22.1 Å². The number of pyridine rings is 1. The number of hydrogen-bond donors (Lipinski definition) is 0. The Labute approximate surface area is 113 Å². The van der Waals surface area contributed by atoms with Crippen molar-refractivity contribution in [2.45, 2.75) is 38.9 Å². The first-order valence-corrected chi connectivity index (χ1v) is 9.33. The molecule has 0 amide bonds. The highest BCUT2D eigenvalue weighted by Crippen LogP contribution is 2.38. The second-order valence-electron chi connectivity index (χ2n) is 5.65. The Hall–Kier alpha value is -0.613. The molecule has 4 heteroatoms. The number of rotatable bonds is 3. The van der Waals surface area contributed by atoms with Crippen molar-refractivity contribution in [3.05, 3.63) is 35.1 Å². The van der Waals surface area contributed by atoms with E-state index in [2.05, 4.69) is 61.4 Å². The third kappa shape index (κ3) is 3.68. The van der Waals surface area contributed by atoms with Gasteiger partial charge in [0.25, 0.3) is 8.32 Å². The summed E-state index contributed by atoms with van der Waals surface area (Å²) >= 11 is 3.36. The molecule has 1 heterocycles. The molecule has 0 aromatic carbocycles. The summed E-state index contributed by atoms with van der Waals surface area (Å²) in [5.74, 6) is 0.670. The van der Waals surface area contributed by atoms with E-state index in [1.165, 1.54) is 0 Å². The van der Waals surface area contributed by atoms with Gasteiger partial charge in [0.15, 0.2) is 0 Å². The molecule has 1 rings (SSSR count). The predicted octanol–water partition coefficient (Wildman–Crippen LogP) is 4.84. The third-order valence-corrected chi connectivity index (χ3v) is 8.04. The maximum atomic E-state index is 6.09. The average molecular weight is 314 g/mol. The van der Waals surface area contributed by atoms with E-state index in [0.29, 0.717) is 5.76 Å². The van der Waals surface area contributed by atoms with Gasteiger partial charge in [-0.15, -0.1) is 0 Å². The fourth-order valence-electron chi connectivity index (χ4n) is 1.05. The van der Waals surface area contributed by atoms with Gasteiger partial charge < -0.3 is 4.43 Å². The monoisotopic (exact) mass is 313 g/mol. The molecule has 0 aliphatic carbocycles. The highest BCUT2D eigenvalue weighted by atomic mass is 79.9. The summed E-state index contributed by atoms with van der Waals surface area (Å²) < 4.78 is 7.05. The molecule has 0 spiro atoms. The van der Waals surface area contributed by atoms with Crippen LogP contribution in [0.5, 0.6) is 0 Å². The number of nitrogens with zero attached hydrogens (tertiary/aromatic N) is 1. The predicted molar refractivity (Wildman–Crippen MR) is 79.3 cm³/mol. The van der Waals surface area contributed by atoms with Gasteiger partial charge in [-0.25, -0.2) is 0 Å². The van der Waals surface area contributed by atoms with Gasteiger partial charge in [0.1, 0.15) is 11.5 Å². The molecule has 0 saturated heterocycles. The average Bonchev–Trinajstić information content (AvgIpc) is 2.16. The summed E-state index contributed by atoms with van der Waals surface area (Å²) in [6.45, 7) is 15.0. The van der Waals surface area contributed by atoms with Crippen molar-refractivity contribution in [2.75, 3.05) is 0 Å². The van der Waals surface area contributed by atoms with Crippen LogP contribution in [0.4, 0.5) is 0 Å². The molecule has 0 atom stereocenters. The summed E-state index contributed by atoms with van der Waals surface area (Å²) in [4.78, 5) is 4.30. The van der Waals surface area contributed by atoms with Gasteiger partial charge in [-0.3, -0.25) is 4.98 Å². The lowest BCUT2D eigenvalue weighted by atomic mass is 10.2. The zero-order chi connectivity index (χ0) is 13.3. The van der Waals surface area contributed by atoms with Crippen LogP contribution in [0.15, 0.2) is 29.4 Å². The van der Waals surface area contributed by atoms with Crippen LogP contribution in [-0.2, 0) is 4.43 Å². The molecule has 0 radical (unpaired) electrons. The molecule has 0 bridgehead atoms. The van der Waals surface area contributed by atoms with Crippen LogP contribution in [0.2, 0.25) is 18.1 Å². The standard InChI is InChI=1S/C13H20BrNOSi/c1-10(12-8-7-11(14)9-15-12)16-17(5,6)13(2,3)4/h7-9H,1H2,2-6H3. The Balaban J connectivity index is 2.83. The maximum Gasteiger partial charge on any atom is 0.250 e. The van der Waals surface area contributed by atoms with Crippen LogP contribution in [0.3, 0.4) is 0 Å². The quantitative estimate of drug-likeness (QED) is 0.588. The van der Waals surface area contributed by atoms with E-state index >= 15 is 0 Å². The Morgan fingerprint density at radius 2 is 1.94 bits per heavy atom. The van der Waals surface area contributed by atoms with Crippen LogP contribution >= 0.6 is 15.9 Å². The van der Waals surface area contributed by atoms with Crippen molar-refractivity contribution >= 4 is 30.0 Å². The van der Waals surface area contributed by atoms with Crippen molar-refractivity contribution in [2.24, 2.45) is 0 Å². The first-order chi connectivity index (χ1) is 7.63. The molecule has 0 N–H and O–H groups in total. The van der Waals surface area contributed by atoms with Crippen LogP contribution in [0.25, 0.3) is 5.76 Å². The van der Waals surface area contributed by atoms with Crippen molar-refractivity contribution in [3.63, 3.8) is 0 Å². The largest absolute Gasteiger partial charge is 0.542 e. The van der Waals surface area contributed by atoms with Gasteiger partial charge in [0.05, 0.1) is 0 Å². The van der Waals surface area contributed by atoms with Crippen molar-refractivity contribution in [1.29, 1.82) is 0 Å². The second kappa shape index (κ2) is 4.94. The summed E-state index contributed by atoms with van der Waals surface area (Å²) in [6, 6.07) is 3.86. The Kier molecular flexibility index (Phi) is 4.20. The molecular formula is C13H20BrNOSi. The van der Waals surface area contributed by atoms with Gasteiger partial charge in [0, 0.05) is 10.7 Å². The highest BCUT2D eigenvalue weighted by molar-refractivity contribution is 9.10. The van der Waals surface area contributed by atoms with Crippen LogP contribution in [0.1, 0.15) is 26.5 Å². The second-order valence-corrected chi connectivity index (χ2v) is 11.3. The molecule has 2 nitrogen and oxygen atoms in total. The minimum Gasteiger partial charge on any atom is -0.542 e. The van der Waals surface area contributed by atoms with E-state index in [-0.39, 0.29) is 5.04 Å². The molecule has 0 fully saturated rings. The summed E-state index contributed by atoms with van der Waals surface area (Å²) in [7, 11) is -1.82. The van der Waals surface area contributed by atoms with Crippen LogP contribution < -0.4 is 0 Å². The lowest BCUT2D eigenvalue weighted by molar-refractivity contribution is 0.457. The minimum atomic E-state index is -1.82. The third-order valence-electron chi connectivity index (χ3n) is 3.20. The molecule has 1 aromatic heterocycles. The van der Waals surface area contributed by atoms with Gasteiger partial charge in [-0.2, -0.15) is 0 Å². The van der Waals surface area contributed by atoms with E-state index in [9.17, 15) is 0 Å². The Morgan fingerprint density at radius 3 is 2.35 bits per heavy atom.